The van der Waals surface area contributed by atoms with Gasteiger partial charge in [0.2, 0.25) is 5.91 Å². The van der Waals surface area contributed by atoms with Gasteiger partial charge in [0, 0.05) is 13.5 Å². The van der Waals surface area contributed by atoms with Gasteiger partial charge in [-0.05, 0) is 33.2 Å². The fourth-order valence-corrected chi connectivity index (χ4v) is 1.62. The highest BCUT2D eigenvalue weighted by Gasteiger charge is 2.19. The lowest BCUT2D eigenvalue weighted by Gasteiger charge is -2.25. The number of carbonyl (C=O) groups excluding carboxylic acids is 1. The summed E-state index contributed by atoms with van der Waals surface area (Å²) in [6.45, 7) is 5.20. The first-order valence-electron chi connectivity index (χ1n) is 6.02. The number of carbonyl (C=O) groups is 1. The molecule has 0 bridgehead atoms. The highest BCUT2D eigenvalue weighted by Crippen LogP contribution is 2.06. The van der Waals surface area contributed by atoms with E-state index in [1.165, 1.54) is 0 Å². The van der Waals surface area contributed by atoms with Crippen molar-refractivity contribution in [2.75, 3.05) is 20.3 Å². The molecule has 0 aliphatic rings. The Balaban J connectivity index is 3.58. The van der Waals surface area contributed by atoms with E-state index >= 15 is 0 Å². The van der Waals surface area contributed by atoms with Crippen LogP contribution in [0.25, 0.3) is 0 Å². The summed E-state index contributed by atoms with van der Waals surface area (Å²) in [5.41, 5.74) is 5.12. The van der Waals surface area contributed by atoms with Crippen molar-refractivity contribution in [1.82, 2.24) is 5.32 Å². The van der Waals surface area contributed by atoms with Gasteiger partial charge in [-0.1, -0.05) is 12.8 Å². The Morgan fingerprint density at radius 2 is 1.88 bits per heavy atom. The van der Waals surface area contributed by atoms with Crippen molar-refractivity contribution in [3.63, 3.8) is 0 Å². The normalized spacial score (nSPS) is 11.5. The standard InChI is InChI=1S/C12H26N2O2/c1-12(2,10-16-3)14-11(15)8-6-4-5-7-9-13/h4-10,13H2,1-3H3,(H,14,15). The van der Waals surface area contributed by atoms with E-state index in [9.17, 15) is 4.79 Å². The molecule has 1 amide bonds. The van der Waals surface area contributed by atoms with E-state index in [1.807, 2.05) is 13.8 Å². The summed E-state index contributed by atoms with van der Waals surface area (Å²) in [7, 11) is 1.64. The first kappa shape index (κ1) is 15.4. The molecular formula is C12H26N2O2. The molecule has 0 aliphatic heterocycles. The molecule has 0 saturated heterocycles. The summed E-state index contributed by atoms with van der Waals surface area (Å²) >= 11 is 0. The molecule has 3 N–H and O–H groups in total. The van der Waals surface area contributed by atoms with Gasteiger partial charge in [-0.3, -0.25) is 4.79 Å². The zero-order valence-electron chi connectivity index (χ0n) is 10.8. The first-order chi connectivity index (χ1) is 7.52. The molecule has 0 radical (unpaired) electrons. The molecule has 0 rings (SSSR count). The van der Waals surface area contributed by atoms with E-state index < -0.39 is 0 Å². The van der Waals surface area contributed by atoms with Gasteiger partial charge >= 0.3 is 0 Å². The summed E-state index contributed by atoms with van der Waals surface area (Å²) in [6, 6.07) is 0. The molecule has 0 heterocycles. The van der Waals surface area contributed by atoms with E-state index in [0.29, 0.717) is 13.0 Å². The second-order valence-electron chi connectivity index (χ2n) is 4.82. The number of hydrogen-bond acceptors (Lipinski definition) is 3. The minimum Gasteiger partial charge on any atom is -0.382 e. The molecule has 0 fully saturated rings. The smallest absolute Gasteiger partial charge is 0.220 e. The van der Waals surface area contributed by atoms with Gasteiger partial charge in [-0.25, -0.2) is 0 Å². The topological polar surface area (TPSA) is 64.3 Å². The Morgan fingerprint density at radius 3 is 2.44 bits per heavy atom. The molecule has 4 heteroatoms. The van der Waals surface area contributed by atoms with Crippen LogP contribution < -0.4 is 11.1 Å². The highest BCUT2D eigenvalue weighted by molar-refractivity contribution is 5.76. The molecule has 96 valence electrons. The number of rotatable bonds is 9. The lowest BCUT2D eigenvalue weighted by atomic mass is 10.1. The summed E-state index contributed by atoms with van der Waals surface area (Å²) in [4.78, 5) is 11.6. The minimum atomic E-state index is -0.275. The van der Waals surface area contributed by atoms with Crippen LogP contribution in [0.15, 0.2) is 0 Å². The van der Waals surface area contributed by atoms with Crippen molar-refractivity contribution < 1.29 is 9.53 Å². The van der Waals surface area contributed by atoms with Crippen LogP contribution in [0, 0.1) is 0 Å². The van der Waals surface area contributed by atoms with E-state index in [2.05, 4.69) is 5.32 Å². The van der Waals surface area contributed by atoms with Crippen molar-refractivity contribution in [2.24, 2.45) is 5.73 Å². The lowest BCUT2D eigenvalue weighted by Crippen LogP contribution is -2.46. The fourth-order valence-electron chi connectivity index (χ4n) is 1.62. The third kappa shape index (κ3) is 8.68. The van der Waals surface area contributed by atoms with Gasteiger partial charge in [0.25, 0.3) is 0 Å². The zero-order chi connectivity index (χ0) is 12.4. The average molecular weight is 230 g/mol. The number of amides is 1. The number of nitrogens with one attached hydrogen (secondary N) is 1. The van der Waals surface area contributed by atoms with Crippen LogP contribution in [0.4, 0.5) is 0 Å². The van der Waals surface area contributed by atoms with Crippen molar-refractivity contribution in [1.29, 1.82) is 0 Å². The monoisotopic (exact) mass is 230 g/mol. The Bertz CT molecular complexity index is 193. The van der Waals surface area contributed by atoms with Crippen LogP contribution in [-0.2, 0) is 9.53 Å². The van der Waals surface area contributed by atoms with E-state index in [4.69, 9.17) is 10.5 Å². The van der Waals surface area contributed by atoms with Crippen LogP contribution in [0.2, 0.25) is 0 Å². The first-order valence-corrected chi connectivity index (χ1v) is 6.02. The molecule has 0 aromatic carbocycles. The molecule has 0 aliphatic carbocycles. The maximum atomic E-state index is 11.6. The van der Waals surface area contributed by atoms with Gasteiger partial charge in [0.05, 0.1) is 12.1 Å². The maximum Gasteiger partial charge on any atom is 0.220 e. The average Bonchev–Trinajstić information content (AvgIpc) is 2.16. The van der Waals surface area contributed by atoms with E-state index in [-0.39, 0.29) is 11.4 Å². The third-order valence-electron chi connectivity index (χ3n) is 2.34. The Hall–Kier alpha value is -0.610. The van der Waals surface area contributed by atoms with Crippen molar-refractivity contribution in [3.8, 4) is 0 Å². The second-order valence-corrected chi connectivity index (χ2v) is 4.82. The predicted molar refractivity (Wildman–Crippen MR) is 66.2 cm³/mol. The molecule has 0 atom stereocenters. The molecule has 0 aromatic rings. The van der Waals surface area contributed by atoms with Gasteiger partial charge in [0.15, 0.2) is 0 Å². The number of methoxy groups -OCH3 is 1. The molecule has 0 aromatic heterocycles. The SMILES string of the molecule is COCC(C)(C)NC(=O)CCCCCCN. The van der Waals surface area contributed by atoms with Crippen molar-refractivity contribution in [2.45, 2.75) is 51.5 Å². The van der Waals surface area contributed by atoms with Gasteiger partial charge in [0.1, 0.15) is 0 Å². The predicted octanol–water partition coefficient (Wildman–Crippen LogP) is 1.44. The maximum absolute atomic E-state index is 11.6. The quantitative estimate of drug-likeness (QED) is 0.589. The summed E-state index contributed by atoms with van der Waals surface area (Å²) in [5, 5.41) is 2.96. The Morgan fingerprint density at radius 1 is 1.25 bits per heavy atom. The number of ether oxygens (including phenoxy) is 1. The van der Waals surface area contributed by atoms with E-state index in [1.54, 1.807) is 7.11 Å². The molecule has 4 nitrogen and oxygen atoms in total. The Kier molecular flexibility index (Phi) is 8.21. The third-order valence-corrected chi connectivity index (χ3v) is 2.34. The van der Waals surface area contributed by atoms with Gasteiger partial charge < -0.3 is 15.8 Å². The molecule has 16 heavy (non-hydrogen) atoms. The molecule has 0 saturated carbocycles. The number of hydrogen-bond donors (Lipinski definition) is 2. The largest absolute Gasteiger partial charge is 0.382 e. The van der Waals surface area contributed by atoms with Crippen LogP contribution in [0.5, 0.6) is 0 Å². The van der Waals surface area contributed by atoms with E-state index in [0.717, 1.165) is 32.2 Å². The van der Waals surface area contributed by atoms with Crippen molar-refractivity contribution >= 4 is 5.91 Å². The highest BCUT2D eigenvalue weighted by atomic mass is 16.5. The molecular weight excluding hydrogens is 204 g/mol. The summed E-state index contributed by atoms with van der Waals surface area (Å²) in [5.74, 6) is 0.106. The second kappa shape index (κ2) is 8.53. The van der Waals surface area contributed by atoms with Gasteiger partial charge in [-0.15, -0.1) is 0 Å². The van der Waals surface area contributed by atoms with Crippen LogP contribution in [-0.4, -0.2) is 31.7 Å². The number of nitrogens with two attached hydrogens (primary N) is 1. The lowest BCUT2D eigenvalue weighted by molar-refractivity contribution is -0.123. The zero-order valence-corrected chi connectivity index (χ0v) is 10.8. The number of unbranched alkanes of at least 4 members (excludes halogenated alkanes) is 3. The van der Waals surface area contributed by atoms with Crippen LogP contribution in [0.3, 0.4) is 0 Å². The summed E-state index contributed by atoms with van der Waals surface area (Å²) in [6.07, 6.45) is 4.78. The Labute approximate surface area is 98.9 Å². The fraction of sp³-hybridized carbons (Fsp3) is 0.917. The minimum absolute atomic E-state index is 0.106. The molecule has 0 unspecified atom stereocenters. The van der Waals surface area contributed by atoms with Crippen molar-refractivity contribution in [3.05, 3.63) is 0 Å². The van der Waals surface area contributed by atoms with Crippen LogP contribution in [0.1, 0.15) is 46.0 Å². The van der Waals surface area contributed by atoms with Gasteiger partial charge in [-0.2, -0.15) is 0 Å². The molecule has 0 spiro atoms. The summed E-state index contributed by atoms with van der Waals surface area (Å²) < 4.78 is 5.04. The van der Waals surface area contributed by atoms with Crippen LogP contribution >= 0.6 is 0 Å².